The molecule has 2 aromatic carbocycles. The molecule has 0 aliphatic carbocycles. The van der Waals surface area contributed by atoms with Gasteiger partial charge in [0.15, 0.2) is 0 Å². The molecular formula is C16H13ClN2. The standard InChI is InChI=1S/C16H13ClN2/c17-14-6-5-12(9-18)15(8-14)13-7-11-3-1-2-4-16(11)19-10-13/h1-8,10H,9,18H2. The molecule has 0 aliphatic rings. The van der Waals surface area contributed by atoms with E-state index in [9.17, 15) is 0 Å². The maximum absolute atomic E-state index is 6.08. The number of rotatable bonds is 2. The van der Waals surface area contributed by atoms with E-state index in [-0.39, 0.29) is 0 Å². The molecule has 1 heterocycles. The Morgan fingerprint density at radius 2 is 1.89 bits per heavy atom. The van der Waals surface area contributed by atoms with Crippen LogP contribution in [0.3, 0.4) is 0 Å². The Labute approximate surface area is 116 Å². The number of para-hydroxylation sites is 1. The van der Waals surface area contributed by atoms with Gasteiger partial charge in [0.05, 0.1) is 5.52 Å². The average molecular weight is 269 g/mol. The smallest absolute Gasteiger partial charge is 0.0702 e. The third-order valence-electron chi connectivity index (χ3n) is 3.19. The number of nitrogens with zero attached hydrogens (tertiary/aromatic N) is 1. The Morgan fingerprint density at radius 3 is 2.74 bits per heavy atom. The van der Waals surface area contributed by atoms with Gasteiger partial charge in [0.1, 0.15) is 0 Å². The average Bonchev–Trinajstić information content (AvgIpc) is 2.46. The van der Waals surface area contributed by atoms with Crippen LogP contribution >= 0.6 is 11.6 Å². The molecule has 2 N–H and O–H groups in total. The van der Waals surface area contributed by atoms with Crippen LogP contribution in [0.5, 0.6) is 0 Å². The minimum atomic E-state index is 0.485. The van der Waals surface area contributed by atoms with Crippen LogP contribution in [-0.4, -0.2) is 4.98 Å². The van der Waals surface area contributed by atoms with Gasteiger partial charge >= 0.3 is 0 Å². The largest absolute Gasteiger partial charge is 0.326 e. The molecule has 19 heavy (non-hydrogen) atoms. The van der Waals surface area contributed by atoms with E-state index in [4.69, 9.17) is 17.3 Å². The molecule has 0 bridgehead atoms. The van der Waals surface area contributed by atoms with E-state index >= 15 is 0 Å². The Bertz CT molecular complexity index is 738. The van der Waals surface area contributed by atoms with Crippen LogP contribution < -0.4 is 5.73 Å². The van der Waals surface area contributed by atoms with Gasteiger partial charge in [0, 0.05) is 28.7 Å². The molecule has 0 saturated heterocycles. The number of aromatic nitrogens is 1. The van der Waals surface area contributed by atoms with E-state index < -0.39 is 0 Å². The predicted molar refractivity (Wildman–Crippen MR) is 80.1 cm³/mol. The van der Waals surface area contributed by atoms with Crippen molar-refractivity contribution < 1.29 is 0 Å². The number of benzene rings is 2. The lowest BCUT2D eigenvalue weighted by atomic mass is 10.00. The third-order valence-corrected chi connectivity index (χ3v) is 3.43. The summed E-state index contributed by atoms with van der Waals surface area (Å²) in [7, 11) is 0. The van der Waals surface area contributed by atoms with Crippen LogP contribution in [0.4, 0.5) is 0 Å². The van der Waals surface area contributed by atoms with Crippen molar-refractivity contribution in [1.82, 2.24) is 4.98 Å². The van der Waals surface area contributed by atoms with Gasteiger partial charge in [0.2, 0.25) is 0 Å². The minimum Gasteiger partial charge on any atom is -0.326 e. The number of pyridine rings is 1. The maximum Gasteiger partial charge on any atom is 0.0702 e. The highest BCUT2D eigenvalue weighted by Gasteiger charge is 2.06. The second-order valence-electron chi connectivity index (χ2n) is 4.42. The lowest BCUT2D eigenvalue weighted by molar-refractivity contribution is 1.07. The van der Waals surface area contributed by atoms with E-state index in [2.05, 4.69) is 17.1 Å². The summed E-state index contributed by atoms with van der Waals surface area (Å²) in [5.41, 5.74) is 9.94. The topological polar surface area (TPSA) is 38.9 Å². The fraction of sp³-hybridized carbons (Fsp3) is 0.0625. The first-order valence-corrected chi connectivity index (χ1v) is 6.49. The summed E-state index contributed by atoms with van der Waals surface area (Å²) in [5, 5.41) is 1.82. The van der Waals surface area contributed by atoms with Gasteiger partial charge in [0.25, 0.3) is 0 Å². The van der Waals surface area contributed by atoms with E-state index in [0.29, 0.717) is 11.6 Å². The zero-order chi connectivity index (χ0) is 13.2. The van der Waals surface area contributed by atoms with Crippen molar-refractivity contribution in [3.05, 3.63) is 65.3 Å². The van der Waals surface area contributed by atoms with Gasteiger partial charge in [-0.25, -0.2) is 0 Å². The van der Waals surface area contributed by atoms with Gasteiger partial charge in [-0.15, -0.1) is 0 Å². The molecule has 94 valence electrons. The molecule has 3 aromatic rings. The van der Waals surface area contributed by atoms with Crippen LogP contribution in [-0.2, 0) is 6.54 Å². The Balaban J connectivity index is 2.21. The van der Waals surface area contributed by atoms with Crippen molar-refractivity contribution in [2.75, 3.05) is 0 Å². The van der Waals surface area contributed by atoms with Crippen molar-refractivity contribution in [2.24, 2.45) is 5.73 Å². The van der Waals surface area contributed by atoms with Crippen LogP contribution in [0.1, 0.15) is 5.56 Å². The predicted octanol–water partition coefficient (Wildman–Crippen LogP) is 4.01. The van der Waals surface area contributed by atoms with Crippen molar-refractivity contribution in [3.8, 4) is 11.1 Å². The Morgan fingerprint density at radius 1 is 1.05 bits per heavy atom. The summed E-state index contributed by atoms with van der Waals surface area (Å²) < 4.78 is 0. The molecule has 0 saturated carbocycles. The zero-order valence-electron chi connectivity index (χ0n) is 10.3. The molecule has 1 aromatic heterocycles. The first-order chi connectivity index (χ1) is 9.28. The summed E-state index contributed by atoms with van der Waals surface area (Å²) in [5.74, 6) is 0. The van der Waals surface area contributed by atoms with Crippen LogP contribution in [0, 0.1) is 0 Å². The van der Waals surface area contributed by atoms with Gasteiger partial charge in [-0.3, -0.25) is 4.98 Å². The molecule has 3 heteroatoms. The third kappa shape index (κ3) is 2.33. The summed E-state index contributed by atoms with van der Waals surface area (Å²) >= 11 is 6.08. The quantitative estimate of drug-likeness (QED) is 0.763. The minimum absolute atomic E-state index is 0.485. The molecule has 3 rings (SSSR count). The van der Waals surface area contributed by atoms with Crippen molar-refractivity contribution in [2.45, 2.75) is 6.54 Å². The molecule has 0 fully saturated rings. The molecule has 0 unspecified atom stereocenters. The highest BCUT2D eigenvalue weighted by molar-refractivity contribution is 6.30. The normalized spacial score (nSPS) is 10.8. The SMILES string of the molecule is NCc1ccc(Cl)cc1-c1cnc2ccccc2c1. The van der Waals surface area contributed by atoms with E-state index in [1.807, 2.05) is 42.6 Å². The highest BCUT2D eigenvalue weighted by atomic mass is 35.5. The Kier molecular flexibility index (Phi) is 3.20. The van der Waals surface area contributed by atoms with Gasteiger partial charge < -0.3 is 5.73 Å². The molecule has 0 spiro atoms. The highest BCUT2D eigenvalue weighted by Crippen LogP contribution is 2.28. The number of hydrogen-bond acceptors (Lipinski definition) is 2. The first-order valence-electron chi connectivity index (χ1n) is 6.11. The van der Waals surface area contributed by atoms with Crippen molar-refractivity contribution in [1.29, 1.82) is 0 Å². The van der Waals surface area contributed by atoms with Crippen molar-refractivity contribution >= 4 is 22.5 Å². The van der Waals surface area contributed by atoms with Crippen LogP contribution in [0.15, 0.2) is 54.7 Å². The number of fused-ring (bicyclic) bond motifs is 1. The lowest BCUT2D eigenvalue weighted by Gasteiger charge is -2.09. The van der Waals surface area contributed by atoms with E-state index in [1.54, 1.807) is 0 Å². The zero-order valence-corrected chi connectivity index (χ0v) is 11.1. The fourth-order valence-electron chi connectivity index (χ4n) is 2.21. The molecule has 0 atom stereocenters. The second-order valence-corrected chi connectivity index (χ2v) is 4.86. The summed E-state index contributed by atoms with van der Waals surface area (Å²) in [4.78, 5) is 4.48. The second kappa shape index (κ2) is 5.00. The molecular weight excluding hydrogens is 256 g/mol. The molecule has 0 amide bonds. The molecule has 2 nitrogen and oxygen atoms in total. The van der Waals surface area contributed by atoms with Gasteiger partial charge in [-0.2, -0.15) is 0 Å². The number of halogens is 1. The summed E-state index contributed by atoms with van der Waals surface area (Å²) in [6.45, 7) is 0.485. The van der Waals surface area contributed by atoms with Crippen molar-refractivity contribution in [3.63, 3.8) is 0 Å². The number of hydrogen-bond donors (Lipinski definition) is 1. The van der Waals surface area contributed by atoms with Gasteiger partial charge in [-0.05, 0) is 35.4 Å². The fourth-order valence-corrected chi connectivity index (χ4v) is 2.39. The first kappa shape index (κ1) is 12.2. The maximum atomic E-state index is 6.08. The monoisotopic (exact) mass is 268 g/mol. The van der Waals surface area contributed by atoms with Crippen LogP contribution in [0.2, 0.25) is 5.02 Å². The van der Waals surface area contributed by atoms with E-state index in [0.717, 1.165) is 27.6 Å². The number of nitrogens with two attached hydrogens (primary N) is 1. The summed E-state index contributed by atoms with van der Waals surface area (Å²) in [6.07, 6.45) is 1.87. The van der Waals surface area contributed by atoms with E-state index in [1.165, 1.54) is 0 Å². The van der Waals surface area contributed by atoms with Crippen LogP contribution in [0.25, 0.3) is 22.0 Å². The molecule has 0 aliphatic heterocycles. The lowest BCUT2D eigenvalue weighted by Crippen LogP contribution is -1.99. The Hall–Kier alpha value is -1.90. The molecule has 0 radical (unpaired) electrons. The van der Waals surface area contributed by atoms with Gasteiger partial charge in [-0.1, -0.05) is 35.9 Å². The summed E-state index contributed by atoms with van der Waals surface area (Å²) in [6, 6.07) is 15.9.